The van der Waals surface area contributed by atoms with Gasteiger partial charge in [0.05, 0.1) is 19.9 Å². The number of hydrogen-bond donors (Lipinski definition) is 2. The lowest BCUT2D eigenvalue weighted by molar-refractivity contribution is 0.405. The normalized spacial score (nSPS) is 10.4. The third-order valence-corrected chi connectivity index (χ3v) is 4.17. The number of aromatic nitrogens is 2. The molecule has 1 heterocycles. The first-order chi connectivity index (χ1) is 13.1. The van der Waals surface area contributed by atoms with Crippen LogP contribution in [0.5, 0.6) is 11.5 Å². The minimum atomic E-state index is 0.484. The predicted octanol–water partition coefficient (Wildman–Crippen LogP) is 4.85. The van der Waals surface area contributed by atoms with Crippen molar-refractivity contribution < 1.29 is 9.47 Å². The lowest BCUT2D eigenvalue weighted by Crippen LogP contribution is -2.04. The second-order valence-electron chi connectivity index (χ2n) is 6.05. The van der Waals surface area contributed by atoms with Crippen molar-refractivity contribution in [1.82, 2.24) is 9.97 Å². The van der Waals surface area contributed by atoms with Crippen LogP contribution in [0.3, 0.4) is 0 Å². The Hall–Kier alpha value is -3.28. The lowest BCUT2D eigenvalue weighted by Gasteiger charge is -2.14. The van der Waals surface area contributed by atoms with Crippen LogP contribution in [0.15, 0.2) is 48.5 Å². The Kier molecular flexibility index (Phi) is 5.76. The highest BCUT2D eigenvalue weighted by Gasteiger charge is 2.09. The molecule has 0 radical (unpaired) electrons. The van der Waals surface area contributed by atoms with Crippen LogP contribution < -0.4 is 20.1 Å². The van der Waals surface area contributed by atoms with E-state index >= 15 is 0 Å². The zero-order valence-corrected chi connectivity index (χ0v) is 16.0. The van der Waals surface area contributed by atoms with E-state index in [9.17, 15) is 0 Å². The Morgan fingerprint density at radius 3 is 2.44 bits per heavy atom. The molecule has 3 rings (SSSR count). The number of para-hydroxylation sites is 1. The van der Waals surface area contributed by atoms with Gasteiger partial charge in [0, 0.05) is 23.5 Å². The number of hydrogen-bond acceptors (Lipinski definition) is 6. The second-order valence-corrected chi connectivity index (χ2v) is 6.05. The highest BCUT2D eigenvalue weighted by molar-refractivity contribution is 5.67. The Bertz CT molecular complexity index is 928. The molecule has 0 aliphatic rings. The summed E-state index contributed by atoms with van der Waals surface area (Å²) in [6, 6.07) is 15.7. The number of nitrogens with one attached hydrogen (secondary N) is 2. The van der Waals surface area contributed by atoms with E-state index in [1.807, 2.05) is 43.3 Å². The predicted molar refractivity (Wildman–Crippen MR) is 109 cm³/mol. The highest BCUT2D eigenvalue weighted by atomic mass is 16.5. The third-order valence-electron chi connectivity index (χ3n) is 4.17. The van der Waals surface area contributed by atoms with E-state index in [1.54, 1.807) is 14.2 Å². The molecule has 27 heavy (non-hydrogen) atoms. The number of aryl methyl sites for hydroxylation is 2. The van der Waals surface area contributed by atoms with E-state index in [2.05, 4.69) is 39.7 Å². The van der Waals surface area contributed by atoms with Gasteiger partial charge in [-0.25, -0.2) is 4.98 Å². The molecule has 0 fully saturated rings. The number of ether oxygens (including phenoxy) is 2. The highest BCUT2D eigenvalue weighted by Crippen LogP contribution is 2.31. The molecule has 6 heteroatoms. The number of rotatable bonds is 7. The molecule has 0 spiro atoms. The van der Waals surface area contributed by atoms with Crippen molar-refractivity contribution in [1.29, 1.82) is 0 Å². The summed E-state index contributed by atoms with van der Waals surface area (Å²) in [4.78, 5) is 9.09. The monoisotopic (exact) mass is 364 g/mol. The van der Waals surface area contributed by atoms with E-state index in [0.717, 1.165) is 35.1 Å². The molecule has 0 atom stereocenters. The van der Waals surface area contributed by atoms with Crippen molar-refractivity contribution in [3.05, 3.63) is 59.8 Å². The molecule has 0 saturated carbocycles. The van der Waals surface area contributed by atoms with Crippen LogP contribution in [0.1, 0.15) is 18.2 Å². The quantitative estimate of drug-likeness (QED) is 0.624. The Labute approximate surface area is 159 Å². The zero-order chi connectivity index (χ0) is 19.2. The van der Waals surface area contributed by atoms with Gasteiger partial charge >= 0.3 is 0 Å². The molecule has 0 bridgehead atoms. The van der Waals surface area contributed by atoms with Gasteiger partial charge in [-0.05, 0) is 37.1 Å². The molecule has 0 aliphatic carbocycles. The average molecular weight is 364 g/mol. The summed E-state index contributed by atoms with van der Waals surface area (Å²) >= 11 is 0. The van der Waals surface area contributed by atoms with E-state index < -0.39 is 0 Å². The number of nitrogens with zero attached hydrogens (tertiary/aromatic N) is 2. The van der Waals surface area contributed by atoms with E-state index in [-0.39, 0.29) is 0 Å². The van der Waals surface area contributed by atoms with Crippen molar-refractivity contribution in [3.63, 3.8) is 0 Å². The molecule has 1 aromatic heterocycles. The smallest absolute Gasteiger partial charge is 0.229 e. The second kappa shape index (κ2) is 8.40. The summed E-state index contributed by atoms with van der Waals surface area (Å²) in [6.45, 7) is 4.07. The standard InChI is InChI=1S/C21H24N4O2/c1-5-15-8-6-7-9-17(15)23-20-12-14(2)22-21(25-20)24-18-13-16(26-3)10-11-19(18)27-4/h6-13H,5H2,1-4H3,(H2,22,23,24,25). The Morgan fingerprint density at radius 1 is 0.889 bits per heavy atom. The SMILES string of the molecule is CCc1ccccc1Nc1cc(C)nc(Nc2cc(OC)ccc2OC)n1. The maximum absolute atomic E-state index is 5.41. The summed E-state index contributed by atoms with van der Waals surface area (Å²) in [7, 11) is 3.25. The van der Waals surface area contributed by atoms with Gasteiger partial charge in [0.2, 0.25) is 5.95 Å². The van der Waals surface area contributed by atoms with Gasteiger partial charge in [-0.2, -0.15) is 4.98 Å². The zero-order valence-electron chi connectivity index (χ0n) is 16.0. The van der Waals surface area contributed by atoms with Crippen LogP contribution in [0, 0.1) is 6.92 Å². The van der Waals surface area contributed by atoms with Crippen LogP contribution in [-0.4, -0.2) is 24.2 Å². The fourth-order valence-corrected chi connectivity index (χ4v) is 2.81. The minimum Gasteiger partial charge on any atom is -0.497 e. The summed E-state index contributed by atoms with van der Waals surface area (Å²) in [5.74, 6) is 2.62. The number of methoxy groups -OCH3 is 2. The van der Waals surface area contributed by atoms with Crippen molar-refractivity contribution in [2.24, 2.45) is 0 Å². The molecule has 0 saturated heterocycles. The van der Waals surface area contributed by atoms with Crippen LogP contribution in [0.4, 0.5) is 23.1 Å². The third kappa shape index (κ3) is 4.47. The largest absolute Gasteiger partial charge is 0.497 e. The van der Waals surface area contributed by atoms with Crippen molar-refractivity contribution in [2.75, 3.05) is 24.9 Å². The molecule has 2 N–H and O–H groups in total. The summed E-state index contributed by atoms with van der Waals surface area (Å²) in [5.41, 5.74) is 3.87. The summed E-state index contributed by atoms with van der Waals surface area (Å²) in [5, 5.41) is 6.62. The topological polar surface area (TPSA) is 68.3 Å². The maximum atomic E-state index is 5.41. The molecule has 6 nitrogen and oxygen atoms in total. The van der Waals surface area contributed by atoms with Gasteiger partial charge in [-0.3, -0.25) is 0 Å². The summed E-state index contributed by atoms with van der Waals surface area (Å²) < 4.78 is 10.7. The lowest BCUT2D eigenvalue weighted by atomic mass is 10.1. The van der Waals surface area contributed by atoms with Gasteiger partial charge in [-0.1, -0.05) is 25.1 Å². The molecule has 2 aromatic carbocycles. The first kappa shape index (κ1) is 18.5. The fourth-order valence-electron chi connectivity index (χ4n) is 2.81. The Balaban J connectivity index is 1.90. The number of benzene rings is 2. The molecule has 0 amide bonds. The molecule has 0 aliphatic heterocycles. The van der Waals surface area contributed by atoms with Crippen molar-refractivity contribution in [3.8, 4) is 11.5 Å². The van der Waals surface area contributed by atoms with Gasteiger partial charge in [0.25, 0.3) is 0 Å². The maximum Gasteiger partial charge on any atom is 0.229 e. The van der Waals surface area contributed by atoms with Crippen molar-refractivity contribution >= 4 is 23.1 Å². The van der Waals surface area contributed by atoms with Gasteiger partial charge in [0.15, 0.2) is 0 Å². The van der Waals surface area contributed by atoms with E-state index in [0.29, 0.717) is 11.7 Å². The average Bonchev–Trinajstić information content (AvgIpc) is 2.68. The van der Waals surface area contributed by atoms with Crippen LogP contribution in [0.2, 0.25) is 0 Å². The fraction of sp³-hybridized carbons (Fsp3) is 0.238. The summed E-state index contributed by atoms with van der Waals surface area (Å²) in [6.07, 6.45) is 0.944. The Morgan fingerprint density at radius 2 is 1.70 bits per heavy atom. The molecule has 3 aromatic rings. The van der Waals surface area contributed by atoms with E-state index in [4.69, 9.17) is 9.47 Å². The minimum absolute atomic E-state index is 0.484. The molecular weight excluding hydrogens is 340 g/mol. The molecular formula is C21H24N4O2. The number of anilines is 4. The first-order valence-electron chi connectivity index (χ1n) is 8.82. The van der Waals surface area contributed by atoms with Gasteiger partial charge in [-0.15, -0.1) is 0 Å². The van der Waals surface area contributed by atoms with Gasteiger partial charge < -0.3 is 20.1 Å². The van der Waals surface area contributed by atoms with E-state index in [1.165, 1.54) is 5.56 Å². The van der Waals surface area contributed by atoms with Crippen LogP contribution in [-0.2, 0) is 6.42 Å². The van der Waals surface area contributed by atoms with Gasteiger partial charge in [0.1, 0.15) is 17.3 Å². The van der Waals surface area contributed by atoms with Crippen LogP contribution in [0.25, 0.3) is 0 Å². The molecule has 140 valence electrons. The van der Waals surface area contributed by atoms with Crippen LogP contribution >= 0.6 is 0 Å². The first-order valence-corrected chi connectivity index (χ1v) is 8.82. The molecule has 0 unspecified atom stereocenters. The van der Waals surface area contributed by atoms with Crippen molar-refractivity contribution in [2.45, 2.75) is 20.3 Å².